The van der Waals surface area contributed by atoms with Crippen LogP contribution < -0.4 is 19.1 Å². The second-order valence-electron chi connectivity index (χ2n) is 7.90. The van der Waals surface area contributed by atoms with Gasteiger partial charge >= 0.3 is 0 Å². The van der Waals surface area contributed by atoms with E-state index in [1.54, 1.807) is 29.2 Å². The van der Waals surface area contributed by atoms with Gasteiger partial charge in [0, 0.05) is 29.9 Å². The fourth-order valence-corrected chi connectivity index (χ4v) is 5.24. The molecule has 1 aliphatic rings. The third kappa shape index (κ3) is 4.58. The summed E-state index contributed by atoms with van der Waals surface area (Å²) < 4.78 is 39.0. The van der Waals surface area contributed by atoms with E-state index in [2.05, 4.69) is 4.72 Å². The van der Waals surface area contributed by atoms with Crippen LogP contribution in [-0.4, -0.2) is 34.6 Å². The lowest BCUT2D eigenvalue weighted by Gasteiger charge is -2.23. The molecule has 0 bridgehead atoms. The third-order valence-electron chi connectivity index (χ3n) is 5.73. The molecular weight excluding hydrogens is 440 g/mol. The molecule has 0 radical (unpaired) electrons. The minimum absolute atomic E-state index is 0.0000131. The summed E-state index contributed by atoms with van der Waals surface area (Å²) in [7, 11) is -0.978. The number of benzene rings is 3. The van der Waals surface area contributed by atoms with E-state index < -0.39 is 10.0 Å². The Labute approximate surface area is 194 Å². The molecule has 7 nitrogen and oxygen atoms in total. The molecule has 1 amide bonds. The zero-order valence-electron chi connectivity index (χ0n) is 18.7. The summed E-state index contributed by atoms with van der Waals surface area (Å²) in [6.07, 6.45) is 0.751. The van der Waals surface area contributed by atoms with Gasteiger partial charge in [0.15, 0.2) is 0 Å². The Kier molecular flexibility index (Phi) is 6.40. The van der Waals surface area contributed by atoms with Crippen LogP contribution in [0.25, 0.3) is 0 Å². The fraction of sp³-hybridized carbons (Fsp3) is 0.240. The van der Waals surface area contributed by atoms with Gasteiger partial charge in [-0.15, -0.1) is 0 Å². The Balaban J connectivity index is 1.58. The van der Waals surface area contributed by atoms with E-state index in [1.807, 2.05) is 43.3 Å². The summed E-state index contributed by atoms with van der Waals surface area (Å²) >= 11 is 0. The molecular formula is C25H26N2O5S. The van der Waals surface area contributed by atoms with Crippen LogP contribution in [0, 0.1) is 0 Å². The van der Waals surface area contributed by atoms with Gasteiger partial charge in [0.05, 0.1) is 14.2 Å². The van der Waals surface area contributed by atoms with E-state index in [9.17, 15) is 13.2 Å². The Morgan fingerprint density at radius 3 is 2.48 bits per heavy atom. The predicted molar refractivity (Wildman–Crippen MR) is 126 cm³/mol. The summed E-state index contributed by atoms with van der Waals surface area (Å²) in [5.41, 5.74) is 3.24. The minimum atomic E-state index is -3.87. The van der Waals surface area contributed by atoms with Crippen LogP contribution in [-0.2, 0) is 23.0 Å². The zero-order chi connectivity index (χ0) is 23.6. The Morgan fingerprint density at radius 1 is 1.03 bits per heavy atom. The number of rotatable bonds is 7. The standard InChI is InChI=1S/C25H26N2O5S/c1-17-13-20-10-9-18(14-22(20)27(17)25(28)19-7-5-4-6-8-19)16-26-33(29,30)24-15-21(31-2)11-12-23(24)32-3/h4-12,14-15,17,26H,13,16H2,1-3H3. The van der Waals surface area contributed by atoms with Crippen LogP contribution in [0.3, 0.4) is 0 Å². The highest BCUT2D eigenvalue weighted by Gasteiger charge is 2.31. The summed E-state index contributed by atoms with van der Waals surface area (Å²) in [4.78, 5) is 14.9. The van der Waals surface area contributed by atoms with E-state index in [0.29, 0.717) is 11.3 Å². The van der Waals surface area contributed by atoms with Crippen molar-refractivity contribution in [2.45, 2.75) is 30.8 Å². The van der Waals surface area contributed by atoms with Crippen molar-refractivity contribution in [3.63, 3.8) is 0 Å². The number of hydrogen-bond donors (Lipinski definition) is 1. The highest BCUT2D eigenvalue weighted by molar-refractivity contribution is 7.89. The van der Waals surface area contributed by atoms with Crippen molar-refractivity contribution in [3.8, 4) is 11.5 Å². The maximum absolute atomic E-state index is 13.2. The number of nitrogens with zero attached hydrogens (tertiary/aromatic N) is 1. The zero-order valence-corrected chi connectivity index (χ0v) is 19.6. The number of fused-ring (bicyclic) bond motifs is 1. The molecule has 0 fully saturated rings. The maximum atomic E-state index is 13.2. The number of ether oxygens (including phenoxy) is 2. The third-order valence-corrected chi connectivity index (χ3v) is 7.15. The van der Waals surface area contributed by atoms with Crippen molar-refractivity contribution < 1.29 is 22.7 Å². The molecule has 1 heterocycles. The molecule has 172 valence electrons. The van der Waals surface area contributed by atoms with Crippen molar-refractivity contribution >= 4 is 21.6 Å². The monoisotopic (exact) mass is 466 g/mol. The molecule has 33 heavy (non-hydrogen) atoms. The van der Waals surface area contributed by atoms with Crippen LogP contribution in [0.1, 0.15) is 28.4 Å². The average molecular weight is 467 g/mol. The smallest absolute Gasteiger partial charge is 0.258 e. The minimum Gasteiger partial charge on any atom is -0.497 e. The Morgan fingerprint density at radius 2 is 1.79 bits per heavy atom. The number of nitrogens with one attached hydrogen (secondary N) is 1. The Bertz CT molecular complexity index is 1280. The molecule has 1 atom stereocenters. The number of carbonyl (C=O) groups excluding carboxylic acids is 1. The normalized spacial score (nSPS) is 15.2. The van der Waals surface area contributed by atoms with Gasteiger partial charge in [0.25, 0.3) is 5.91 Å². The van der Waals surface area contributed by atoms with Crippen LogP contribution in [0.2, 0.25) is 0 Å². The van der Waals surface area contributed by atoms with Gasteiger partial charge in [-0.05, 0) is 54.8 Å². The van der Waals surface area contributed by atoms with E-state index >= 15 is 0 Å². The van der Waals surface area contributed by atoms with Crippen LogP contribution in [0.4, 0.5) is 5.69 Å². The van der Waals surface area contributed by atoms with E-state index in [-0.39, 0.29) is 29.1 Å². The molecule has 4 rings (SSSR count). The van der Waals surface area contributed by atoms with Crippen LogP contribution in [0.15, 0.2) is 71.6 Å². The lowest BCUT2D eigenvalue weighted by atomic mass is 10.1. The number of methoxy groups -OCH3 is 2. The van der Waals surface area contributed by atoms with Crippen molar-refractivity contribution in [1.82, 2.24) is 4.72 Å². The average Bonchev–Trinajstić information content (AvgIpc) is 3.17. The predicted octanol–water partition coefficient (Wildman–Crippen LogP) is 3.77. The highest BCUT2D eigenvalue weighted by atomic mass is 32.2. The summed E-state index contributed by atoms with van der Waals surface area (Å²) in [6.45, 7) is 2.08. The number of sulfonamides is 1. The molecule has 8 heteroatoms. The second-order valence-corrected chi connectivity index (χ2v) is 9.63. The molecule has 0 saturated heterocycles. The van der Waals surface area contributed by atoms with Crippen LogP contribution in [0.5, 0.6) is 11.5 Å². The van der Waals surface area contributed by atoms with Gasteiger partial charge in [0.2, 0.25) is 10.0 Å². The van der Waals surface area contributed by atoms with Crippen molar-refractivity contribution in [1.29, 1.82) is 0 Å². The van der Waals surface area contributed by atoms with Gasteiger partial charge in [-0.25, -0.2) is 13.1 Å². The molecule has 3 aromatic carbocycles. The summed E-state index contributed by atoms with van der Waals surface area (Å²) in [6, 6.07) is 19.5. The maximum Gasteiger partial charge on any atom is 0.258 e. The highest BCUT2D eigenvalue weighted by Crippen LogP contribution is 2.34. The van der Waals surface area contributed by atoms with Crippen LogP contribution >= 0.6 is 0 Å². The second kappa shape index (κ2) is 9.25. The molecule has 1 N–H and O–H groups in total. The van der Waals surface area contributed by atoms with Crippen molar-refractivity contribution in [2.24, 2.45) is 0 Å². The first-order valence-electron chi connectivity index (χ1n) is 10.6. The quantitative estimate of drug-likeness (QED) is 0.573. The Hall–Kier alpha value is -3.36. The van der Waals surface area contributed by atoms with E-state index in [1.165, 1.54) is 20.3 Å². The largest absolute Gasteiger partial charge is 0.497 e. The lowest BCUT2D eigenvalue weighted by molar-refractivity contribution is 0.0981. The first-order valence-corrected chi connectivity index (χ1v) is 12.0. The van der Waals surface area contributed by atoms with E-state index in [4.69, 9.17) is 9.47 Å². The first kappa shape index (κ1) is 22.8. The fourth-order valence-electron chi connectivity index (χ4n) is 4.04. The molecule has 0 saturated carbocycles. The SMILES string of the molecule is COc1ccc(OC)c(S(=O)(=O)NCc2ccc3c(c2)N(C(=O)c2ccccc2)C(C)C3)c1. The van der Waals surface area contributed by atoms with Gasteiger partial charge in [-0.2, -0.15) is 0 Å². The lowest BCUT2D eigenvalue weighted by Crippen LogP contribution is -2.35. The molecule has 0 aliphatic carbocycles. The van der Waals surface area contributed by atoms with Gasteiger partial charge in [-0.3, -0.25) is 4.79 Å². The van der Waals surface area contributed by atoms with Gasteiger partial charge in [0.1, 0.15) is 16.4 Å². The molecule has 1 aliphatic heterocycles. The van der Waals surface area contributed by atoms with Crippen molar-refractivity contribution in [3.05, 3.63) is 83.4 Å². The topological polar surface area (TPSA) is 84.9 Å². The van der Waals surface area contributed by atoms with Gasteiger partial charge < -0.3 is 14.4 Å². The first-order chi connectivity index (χ1) is 15.8. The number of hydrogen-bond acceptors (Lipinski definition) is 5. The molecule has 0 aromatic heterocycles. The van der Waals surface area contributed by atoms with E-state index in [0.717, 1.165) is 23.2 Å². The number of amides is 1. The molecule has 1 unspecified atom stereocenters. The summed E-state index contributed by atoms with van der Waals surface area (Å²) in [5.74, 6) is 0.573. The number of anilines is 1. The molecule has 3 aromatic rings. The number of carbonyl (C=O) groups is 1. The van der Waals surface area contributed by atoms with Crippen molar-refractivity contribution in [2.75, 3.05) is 19.1 Å². The summed E-state index contributed by atoms with van der Waals surface area (Å²) in [5, 5.41) is 0. The molecule has 0 spiro atoms. The van der Waals surface area contributed by atoms with Gasteiger partial charge in [-0.1, -0.05) is 30.3 Å².